The summed E-state index contributed by atoms with van der Waals surface area (Å²) in [5.41, 5.74) is 11.2. The van der Waals surface area contributed by atoms with Crippen LogP contribution in [-0.2, 0) is 43.7 Å². The van der Waals surface area contributed by atoms with E-state index in [4.69, 9.17) is 10.1 Å². The van der Waals surface area contributed by atoms with Gasteiger partial charge in [-0.15, -0.1) is 47.8 Å². The molecule has 3 nitrogen and oxygen atoms in total. The predicted octanol–water partition coefficient (Wildman–Crippen LogP) is 14.4. The number of nitrogens with zero attached hydrogens (tertiary/aromatic N) is 3. The second-order valence-electron chi connectivity index (χ2n) is 16.8. The van der Waals surface area contributed by atoms with E-state index in [0.29, 0.717) is 0 Å². The summed E-state index contributed by atoms with van der Waals surface area (Å²) in [6.07, 6.45) is 0. The van der Waals surface area contributed by atoms with Crippen molar-refractivity contribution in [2.75, 3.05) is 0 Å². The number of rotatable bonds is 2. The molecule has 0 aliphatic rings. The Kier molecular flexibility index (Phi) is 14.6. The van der Waals surface area contributed by atoms with Gasteiger partial charge < -0.3 is 4.98 Å². The van der Waals surface area contributed by atoms with Crippen LogP contribution in [0.2, 0.25) is 0 Å². The molecule has 0 N–H and O–H groups in total. The minimum absolute atomic E-state index is 0. The fourth-order valence-corrected chi connectivity index (χ4v) is 6.79. The average Bonchev–Trinajstić information content (AvgIpc) is 3.82. The first-order valence-corrected chi connectivity index (χ1v) is 19.9. The Bertz CT molecular complexity index is 2550. The fourth-order valence-electron chi connectivity index (χ4n) is 6.79. The van der Waals surface area contributed by atoms with Gasteiger partial charge in [0.15, 0.2) is 0 Å². The van der Waals surface area contributed by atoms with Gasteiger partial charge in [0.05, 0.1) is 11.2 Å². The van der Waals surface area contributed by atoms with Crippen LogP contribution in [0.3, 0.4) is 0 Å². The van der Waals surface area contributed by atoms with Crippen molar-refractivity contribution < 1.29 is 25.8 Å². The van der Waals surface area contributed by atoms with Gasteiger partial charge in [0.25, 0.3) is 0 Å². The number of para-hydroxylation sites is 1. The Balaban J connectivity index is 0.000000243. The normalized spacial score (nSPS) is 11.0. The molecule has 59 heavy (non-hydrogen) atoms. The molecule has 0 saturated carbocycles. The molecule has 0 aliphatic heterocycles. The summed E-state index contributed by atoms with van der Waals surface area (Å²) in [5.74, 6) is 0. The average molecular weight is 937 g/mol. The van der Waals surface area contributed by atoms with E-state index < -0.39 is 0 Å². The van der Waals surface area contributed by atoms with Gasteiger partial charge in [-0.1, -0.05) is 126 Å². The SMILES string of the molecule is Cn1nc(-c2ccc(-c3c4cc(C(C)(C)C)ccc4cc4ccc(C(C)(C)C)cc34)[n-]2)c2ccccc21.[CH2-]c1ccccc1.[CH2-]c1ccccc1.[CH2-]c1ccccc1.[Hf+4]. The minimum Gasteiger partial charge on any atom is -0.656 e. The van der Waals surface area contributed by atoms with Crippen LogP contribution in [0.15, 0.2) is 170 Å². The summed E-state index contributed by atoms with van der Waals surface area (Å²) in [6, 6.07) is 58.4. The standard InChI is InChI=1S/C34H34N3.3C7H7.Hf/c1-33(2,3)23-14-12-21-18-22-13-15-24(34(4,5)6)20-27(22)31(26(21)19-23)28-16-17-29(35-28)32-25-10-8-9-11-30(25)37(7)36-32;3*1-7-5-3-2-4-6-7;/h8-20H,1-7H3;3*2-6H,1H2;/q4*-1;+4. The number of hydrogen-bond acceptors (Lipinski definition) is 1. The summed E-state index contributed by atoms with van der Waals surface area (Å²) in [6.45, 7) is 24.8. The summed E-state index contributed by atoms with van der Waals surface area (Å²) in [4.78, 5) is 5.22. The van der Waals surface area contributed by atoms with Crippen molar-refractivity contribution in [3.05, 3.63) is 218 Å². The van der Waals surface area contributed by atoms with Crippen molar-refractivity contribution in [3.63, 3.8) is 0 Å². The second-order valence-corrected chi connectivity index (χ2v) is 16.8. The van der Waals surface area contributed by atoms with Gasteiger partial charge in [-0.05, 0) is 61.2 Å². The van der Waals surface area contributed by atoms with E-state index in [-0.39, 0.29) is 36.7 Å². The molecule has 2 aromatic heterocycles. The molecule has 0 saturated heterocycles. The van der Waals surface area contributed by atoms with Crippen molar-refractivity contribution in [3.8, 4) is 22.6 Å². The van der Waals surface area contributed by atoms with Gasteiger partial charge in [-0.3, -0.25) is 4.68 Å². The van der Waals surface area contributed by atoms with Crippen molar-refractivity contribution in [1.29, 1.82) is 0 Å². The molecular formula is C55H55HfN3. The van der Waals surface area contributed by atoms with Gasteiger partial charge in [-0.2, -0.15) is 79.0 Å². The number of fused-ring (bicyclic) bond motifs is 3. The van der Waals surface area contributed by atoms with Crippen molar-refractivity contribution in [1.82, 2.24) is 14.8 Å². The minimum atomic E-state index is 0. The Morgan fingerprint density at radius 3 is 1.27 bits per heavy atom. The van der Waals surface area contributed by atoms with Gasteiger partial charge in [0.2, 0.25) is 0 Å². The third kappa shape index (κ3) is 11.3. The third-order valence-electron chi connectivity index (χ3n) is 10.1. The van der Waals surface area contributed by atoms with Crippen LogP contribution >= 0.6 is 0 Å². The molecule has 9 aromatic rings. The Hall–Kier alpha value is -5.71. The van der Waals surface area contributed by atoms with E-state index in [1.54, 1.807) is 0 Å². The van der Waals surface area contributed by atoms with Gasteiger partial charge in [0, 0.05) is 12.4 Å². The summed E-state index contributed by atoms with van der Waals surface area (Å²) >= 11 is 0. The summed E-state index contributed by atoms with van der Waals surface area (Å²) < 4.78 is 1.94. The van der Waals surface area contributed by atoms with Crippen LogP contribution < -0.4 is 4.98 Å². The predicted molar refractivity (Wildman–Crippen MR) is 250 cm³/mol. The molecule has 0 amide bonds. The molecular weight excluding hydrogens is 881 g/mol. The molecule has 0 aliphatic carbocycles. The van der Waals surface area contributed by atoms with E-state index in [0.717, 1.165) is 44.7 Å². The van der Waals surface area contributed by atoms with E-state index in [1.807, 2.05) is 103 Å². The van der Waals surface area contributed by atoms with Crippen molar-refractivity contribution in [2.45, 2.75) is 52.4 Å². The van der Waals surface area contributed by atoms with Gasteiger partial charge in [-0.25, -0.2) is 0 Å². The summed E-state index contributed by atoms with van der Waals surface area (Å²) in [5, 5.41) is 11.0. The molecule has 7 aromatic carbocycles. The molecule has 294 valence electrons. The topological polar surface area (TPSA) is 31.9 Å². The first-order chi connectivity index (χ1) is 27.7. The molecule has 0 unspecified atom stereocenters. The second kappa shape index (κ2) is 19.4. The van der Waals surface area contributed by atoms with Crippen LogP contribution in [-0.4, -0.2) is 9.78 Å². The van der Waals surface area contributed by atoms with Crippen LogP contribution in [0.4, 0.5) is 0 Å². The Labute approximate surface area is 371 Å². The molecule has 0 bridgehead atoms. The van der Waals surface area contributed by atoms with Crippen molar-refractivity contribution >= 4 is 32.4 Å². The molecule has 2 heterocycles. The van der Waals surface area contributed by atoms with Crippen LogP contribution in [0.25, 0.3) is 55.1 Å². The van der Waals surface area contributed by atoms with Gasteiger partial charge in [0.1, 0.15) is 0 Å². The third-order valence-corrected chi connectivity index (χ3v) is 10.1. The maximum absolute atomic E-state index is 5.22. The van der Waals surface area contributed by atoms with E-state index >= 15 is 0 Å². The number of aryl methyl sites for hydroxylation is 1. The first-order valence-electron chi connectivity index (χ1n) is 19.9. The molecule has 4 heteroatoms. The van der Waals surface area contributed by atoms with E-state index in [9.17, 15) is 0 Å². The summed E-state index contributed by atoms with van der Waals surface area (Å²) in [7, 11) is 2.00. The van der Waals surface area contributed by atoms with Gasteiger partial charge >= 0.3 is 25.8 Å². The zero-order valence-corrected chi connectivity index (χ0v) is 39.2. The smallest absolute Gasteiger partial charge is 0.656 e. The quantitative estimate of drug-likeness (QED) is 0.0983. The molecule has 0 radical (unpaired) electrons. The molecule has 0 atom stereocenters. The molecule has 0 fully saturated rings. The first kappa shape index (κ1) is 44.4. The zero-order valence-electron chi connectivity index (χ0n) is 35.6. The van der Waals surface area contributed by atoms with Crippen LogP contribution in [0.1, 0.15) is 69.4 Å². The number of aromatic nitrogens is 3. The molecule has 9 rings (SSSR count). The van der Waals surface area contributed by atoms with E-state index in [1.165, 1.54) is 38.2 Å². The van der Waals surface area contributed by atoms with Crippen LogP contribution in [0.5, 0.6) is 0 Å². The fraction of sp³-hybridized carbons (Fsp3) is 0.164. The van der Waals surface area contributed by atoms with E-state index in [2.05, 4.69) is 141 Å². The number of hydrogen-bond donors (Lipinski definition) is 0. The maximum atomic E-state index is 5.22. The maximum Gasteiger partial charge on any atom is 4.00 e. The monoisotopic (exact) mass is 937 g/mol. The number of benzene rings is 7. The Morgan fingerprint density at radius 1 is 0.458 bits per heavy atom. The zero-order chi connectivity index (χ0) is 41.5. The Morgan fingerprint density at radius 2 is 0.864 bits per heavy atom. The van der Waals surface area contributed by atoms with Crippen LogP contribution in [0, 0.1) is 20.8 Å². The molecule has 0 spiro atoms. The van der Waals surface area contributed by atoms with Crippen molar-refractivity contribution in [2.24, 2.45) is 7.05 Å². The largest absolute Gasteiger partial charge is 4.00 e.